The Morgan fingerprint density at radius 1 is 0.977 bits per heavy atom. The van der Waals surface area contributed by atoms with Crippen LogP contribution in [0.5, 0.6) is 11.6 Å². The Bertz CT molecular complexity index is 1420. The van der Waals surface area contributed by atoms with E-state index < -0.39 is 5.97 Å². The molecular formula is C32H38Cl2N6O3. The summed E-state index contributed by atoms with van der Waals surface area (Å²) < 4.78 is 6.21. The van der Waals surface area contributed by atoms with Gasteiger partial charge in [-0.1, -0.05) is 23.2 Å². The molecule has 1 aromatic carbocycles. The minimum Gasteiger partial charge on any atom is -0.481 e. The predicted molar refractivity (Wildman–Crippen MR) is 168 cm³/mol. The summed E-state index contributed by atoms with van der Waals surface area (Å²) in [4.78, 5) is 32.4. The van der Waals surface area contributed by atoms with Crippen molar-refractivity contribution in [3.63, 3.8) is 0 Å². The Balaban J connectivity index is 1.17. The van der Waals surface area contributed by atoms with Crippen molar-refractivity contribution >= 4 is 35.1 Å². The van der Waals surface area contributed by atoms with E-state index in [1.807, 2.05) is 24.3 Å². The summed E-state index contributed by atoms with van der Waals surface area (Å²) in [6, 6.07) is 9.34. The van der Waals surface area contributed by atoms with Crippen molar-refractivity contribution in [3.05, 3.63) is 58.3 Å². The monoisotopic (exact) mass is 624 g/mol. The van der Waals surface area contributed by atoms with Crippen LogP contribution in [0.1, 0.15) is 50.5 Å². The zero-order chi connectivity index (χ0) is 30.0. The second-order valence-corrected chi connectivity index (χ2v) is 13.1. The lowest BCUT2D eigenvalue weighted by molar-refractivity contribution is -0.138. The van der Waals surface area contributed by atoms with E-state index in [2.05, 4.69) is 31.7 Å². The SMILES string of the molecule is CN1CCCC12CCN(c1ncc(Oc3cc(CN4CCC(CC(=O)O)CC4)cc(-c4cc(Cl)cc(Cl)c4)n3)cn1)CC2. The van der Waals surface area contributed by atoms with Crippen LogP contribution in [-0.2, 0) is 11.3 Å². The topological polar surface area (TPSA) is 94.9 Å². The van der Waals surface area contributed by atoms with Gasteiger partial charge in [0.1, 0.15) is 0 Å². The van der Waals surface area contributed by atoms with Crippen molar-refractivity contribution in [2.75, 3.05) is 44.7 Å². The van der Waals surface area contributed by atoms with Gasteiger partial charge < -0.3 is 19.6 Å². The van der Waals surface area contributed by atoms with Crippen LogP contribution in [0.25, 0.3) is 11.3 Å². The van der Waals surface area contributed by atoms with Gasteiger partial charge in [-0.15, -0.1) is 0 Å². The number of hydrogen-bond acceptors (Lipinski definition) is 8. The molecule has 1 N–H and O–H groups in total. The molecule has 1 spiro atoms. The van der Waals surface area contributed by atoms with Gasteiger partial charge in [0, 0.05) is 53.3 Å². The quantitative estimate of drug-likeness (QED) is 0.306. The molecule has 0 radical (unpaired) electrons. The van der Waals surface area contributed by atoms with Crippen LogP contribution in [0.3, 0.4) is 0 Å². The van der Waals surface area contributed by atoms with Crippen molar-refractivity contribution in [1.82, 2.24) is 24.8 Å². The molecular weight excluding hydrogens is 587 g/mol. The van der Waals surface area contributed by atoms with Crippen LogP contribution in [-0.4, -0.2) is 81.1 Å². The number of hydrogen-bond donors (Lipinski definition) is 1. The van der Waals surface area contributed by atoms with Crippen LogP contribution < -0.4 is 9.64 Å². The number of carboxylic acids is 1. The van der Waals surface area contributed by atoms with Gasteiger partial charge in [-0.3, -0.25) is 9.69 Å². The molecule has 0 unspecified atom stereocenters. The van der Waals surface area contributed by atoms with Gasteiger partial charge in [0.25, 0.3) is 0 Å². The number of carbonyl (C=O) groups is 1. The standard InChI is InChI=1S/C32H38Cl2N6O3/c1-38-8-2-5-32(38)6-11-40(12-7-32)31-35-19-27(20-36-31)43-29-14-23(21-39-9-3-22(4-10-39)15-30(41)42)13-28(37-29)24-16-25(33)18-26(34)17-24/h13-14,16-20,22H,2-12,15,21H2,1H3,(H,41,42). The number of piperidine rings is 2. The molecule has 3 aliphatic rings. The maximum Gasteiger partial charge on any atom is 0.303 e. The second-order valence-electron chi connectivity index (χ2n) is 12.2. The van der Waals surface area contributed by atoms with Crippen LogP contribution in [0.4, 0.5) is 5.95 Å². The van der Waals surface area contributed by atoms with Crippen LogP contribution in [0.15, 0.2) is 42.7 Å². The van der Waals surface area contributed by atoms with Crippen molar-refractivity contribution in [3.8, 4) is 22.9 Å². The van der Waals surface area contributed by atoms with Gasteiger partial charge in [0.15, 0.2) is 5.75 Å². The Morgan fingerprint density at radius 3 is 2.30 bits per heavy atom. The molecule has 5 heterocycles. The smallest absolute Gasteiger partial charge is 0.303 e. The molecule has 3 aromatic rings. The summed E-state index contributed by atoms with van der Waals surface area (Å²) in [5.74, 6) is 1.18. The summed E-state index contributed by atoms with van der Waals surface area (Å²) in [7, 11) is 2.25. The maximum atomic E-state index is 11.1. The molecule has 9 nitrogen and oxygen atoms in total. The number of carboxylic acid groups (broad SMARTS) is 1. The molecule has 228 valence electrons. The molecule has 3 saturated heterocycles. The highest BCUT2D eigenvalue weighted by Gasteiger charge is 2.41. The van der Waals surface area contributed by atoms with Crippen molar-refractivity contribution in [2.45, 2.75) is 57.0 Å². The van der Waals surface area contributed by atoms with E-state index in [0.29, 0.717) is 39.5 Å². The maximum absolute atomic E-state index is 11.1. The summed E-state index contributed by atoms with van der Waals surface area (Å²) >= 11 is 12.6. The molecule has 2 aromatic heterocycles. The minimum atomic E-state index is -0.725. The molecule has 3 aliphatic heterocycles. The van der Waals surface area contributed by atoms with E-state index in [0.717, 1.165) is 68.9 Å². The van der Waals surface area contributed by atoms with Gasteiger partial charge in [0.2, 0.25) is 11.8 Å². The molecule has 3 fully saturated rings. The number of anilines is 1. The first kappa shape index (κ1) is 30.1. The number of halogens is 2. The first-order chi connectivity index (χ1) is 20.7. The number of ether oxygens (including phenoxy) is 1. The number of aliphatic carboxylic acids is 1. The highest BCUT2D eigenvalue weighted by molar-refractivity contribution is 6.35. The first-order valence-electron chi connectivity index (χ1n) is 15.1. The Labute approximate surface area is 262 Å². The fourth-order valence-electron chi connectivity index (χ4n) is 6.88. The van der Waals surface area contributed by atoms with Gasteiger partial charge in [-0.05, 0) is 101 Å². The number of rotatable bonds is 8. The van der Waals surface area contributed by atoms with Gasteiger partial charge >= 0.3 is 5.97 Å². The lowest BCUT2D eigenvalue weighted by Gasteiger charge is -2.43. The van der Waals surface area contributed by atoms with E-state index in [-0.39, 0.29) is 12.3 Å². The molecule has 43 heavy (non-hydrogen) atoms. The van der Waals surface area contributed by atoms with Crippen molar-refractivity contribution in [1.29, 1.82) is 0 Å². The third-order valence-electron chi connectivity index (χ3n) is 9.36. The van der Waals surface area contributed by atoms with E-state index in [4.69, 9.17) is 38.0 Å². The molecule has 0 atom stereocenters. The van der Waals surface area contributed by atoms with Crippen LogP contribution in [0.2, 0.25) is 10.0 Å². The zero-order valence-electron chi connectivity index (χ0n) is 24.5. The van der Waals surface area contributed by atoms with E-state index in [1.165, 1.54) is 19.4 Å². The fraction of sp³-hybridized carbons (Fsp3) is 0.500. The summed E-state index contributed by atoms with van der Waals surface area (Å²) in [6.45, 7) is 5.48. The Morgan fingerprint density at radius 2 is 1.67 bits per heavy atom. The molecule has 0 saturated carbocycles. The molecule has 0 amide bonds. The van der Waals surface area contributed by atoms with E-state index in [9.17, 15) is 4.79 Å². The third-order valence-corrected chi connectivity index (χ3v) is 9.79. The molecule has 0 bridgehead atoms. The van der Waals surface area contributed by atoms with Crippen LogP contribution >= 0.6 is 23.2 Å². The largest absolute Gasteiger partial charge is 0.481 e. The number of likely N-dealkylation sites (tertiary alicyclic amines) is 2. The van der Waals surface area contributed by atoms with Gasteiger partial charge in [-0.25, -0.2) is 15.0 Å². The highest BCUT2D eigenvalue weighted by atomic mass is 35.5. The molecule has 11 heteroatoms. The zero-order valence-corrected chi connectivity index (χ0v) is 26.0. The minimum absolute atomic E-state index is 0.229. The number of pyridine rings is 1. The number of nitrogens with zero attached hydrogens (tertiary/aromatic N) is 6. The van der Waals surface area contributed by atoms with Gasteiger partial charge in [0.05, 0.1) is 18.1 Å². The average molecular weight is 626 g/mol. The highest BCUT2D eigenvalue weighted by Crippen LogP contribution is 2.38. The summed E-state index contributed by atoms with van der Waals surface area (Å²) in [6.07, 6.45) is 10.2. The lowest BCUT2D eigenvalue weighted by atomic mass is 9.85. The number of benzene rings is 1. The number of aromatic nitrogens is 3. The second kappa shape index (κ2) is 12.9. The normalized spacial score (nSPS) is 19.7. The third kappa shape index (κ3) is 7.23. The first-order valence-corrected chi connectivity index (χ1v) is 15.9. The summed E-state index contributed by atoms with van der Waals surface area (Å²) in [5.41, 5.74) is 2.88. The van der Waals surface area contributed by atoms with Crippen molar-refractivity contribution in [2.24, 2.45) is 5.92 Å². The molecule has 6 rings (SSSR count). The average Bonchev–Trinajstić information content (AvgIpc) is 3.33. The predicted octanol–water partition coefficient (Wildman–Crippen LogP) is 6.39. The molecule has 0 aliphatic carbocycles. The van der Waals surface area contributed by atoms with E-state index in [1.54, 1.807) is 18.5 Å². The summed E-state index contributed by atoms with van der Waals surface area (Å²) in [5, 5.41) is 10.2. The fourth-order valence-corrected chi connectivity index (χ4v) is 7.41. The Kier molecular flexibility index (Phi) is 9.05. The van der Waals surface area contributed by atoms with Crippen LogP contribution in [0, 0.1) is 5.92 Å². The Hall–Kier alpha value is -2.98. The van der Waals surface area contributed by atoms with Gasteiger partial charge in [-0.2, -0.15) is 0 Å². The van der Waals surface area contributed by atoms with E-state index >= 15 is 0 Å². The van der Waals surface area contributed by atoms with Crippen molar-refractivity contribution < 1.29 is 14.6 Å². The lowest BCUT2D eigenvalue weighted by Crippen LogP contribution is -2.51.